The fourth-order valence-corrected chi connectivity index (χ4v) is 2.27. The summed E-state index contributed by atoms with van der Waals surface area (Å²) >= 11 is 0. The Hall–Kier alpha value is -1.75. The van der Waals surface area contributed by atoms with Gasteiger partial charge in [0.05, 0.1) is 7.11 Å². The third-order valence-corrected chi connectivity index (χ3v) is 3.44. The number of rotatable bonds is 5. The van der Waals surface area contributed by atoms with Crippen LogP contribution in [-0.4, -0.2) is 32.9 Å². The summed E-state index contributed by atoms with van der Waals surface area (Å²) in [6, 6.07) is 7.08. The number of anilines is 1. The van der Waals surface area contributed by atoms with Crippen molar-refractivity contribution in [1.29, 1.82) is 0 Å². The van der Waals surface area contributed by atoms with E-state index in [9.17, 15) is 4.79 Å². The van der Waals surface area contributed by atoms with Crippen molar-refractivity contribution in [2.45, 2.75) is 19.3 Å². The van der Waals surface area contributed by atoms with Crippen molar-refractivity contribution in [3.63, 3.8) is 0 Å². The third-order valence-electron chi connectivity index (χ3n) is 3.44. The third kappa shape index (κ3) is 4.74. The molecule has 1 saturated heterocycles. The predicted octanol–water partition coefficient (Wildman–Crippen LogP) is 2.63. The summed E-state index contributed by atoms with van der Waals surface area (Å²) in [7, 11) is 1.62. The number of hydrogen-bond acceptors (Lipinski definition) is 3. The van der Waals surface area contributed by atoms with Gasteiger partial charge in [0.15, 0.2) is 0 Å². The molecule has 0 bridgehead atoms. The molecule has 2 N–H and O–H groups in total. The van der Waals surface area contributed by atoms with Gasteiger partial charge in [0, 0.05) is 25.4 Å². The van der Waals surface area contributed by atoms with Crippen LogP contribution in [-0.2, 0) is 4.74 Å². The molecule has 110 valence electrons. The number of nitrogens with one attached hydrogen (secondary N) is 2. The molecule has 2 amide bonds. The summed E-state index contributed by atoms with van der Waals surface area (Å²) in [6.45, 7) is 2.37. The van der Waals surface area contributed by atoms with Crippen LogP contribution in [0.1, 0.15) is 19.3 Å². The monoisotopic (exact) mass is 278 g/mol. The number of ether oxygens (including phenoxy) is 2. The number of carbonyl (C=O) groups excluding carboxylic acids is 1. The van der Waals surface area contributed by atoms with Gasteiger partial charge in [-0.15, -0.1) is 0 Å². The smallest absolute Gasteiger partial charge is 0.319 e. The summed E-state index contributed by atoms with van der Waals surface area (Å²) in [5.74, 6) is 1.35. The van der Waals surface area contributed by atoms with E-state index in [4.69, 9.17) is 9.47 Å². The molecule has 1 aliphatic heterocycles. The Balaban J connectivity index is 1.66. The van der Waals surface area contributed by atoms with E-state index in [0.717, 1.165) is 37.5 Å². The first kappa shape index (κ1) is 14.7. The van der Waals surface area contributed by atoms with Crippen LogP contribution in [0, 0.1) is 5.92 Å². The maximum atomic E-state index is 11.7. The van der Waals surface area contributed by atoms with Crippen LogP contribution in [0.15, 0.2) is 24.3 Å². The van der Waals surface area contributed by atoms with Crippen molar-refractivity contribution in [3.8, 4) is 5.75 Å². The van der Waals surface area contributed by atoms with Crippen LogP contribution in [0.3, 0.4) is 0 Å². The lowest BCUT2D eigenvalue weighted by Crippen LogP contribution is -2.31. The van der Waals surface area contributed by atoms with E-state index in [0.29, 0.717) is 12.5 Å². The van der Waals surface area contributed by atoms with E-state index in [-0.39, 0.29) is 6.03 Å². The fourth-order valence-electron chi connectivity index (χ4n) is 2.27. The number of amides is 2. The Labute approximate surface area is 119 Å². The molecule has 1 aromatic carbocycles. The molecule has 5 nitrogen and oxygen atoms in total. The molecule has 1 fully saturated rings. The van der Waals surface area contributed by atoms with E-state index in [1.54, 1.807) is 7.11 Å². The highest BCUT2D eigenvalue weighted by Gasteiger charge is 2.13. The number of methoxy groups -OCH3 is 1. The summed E-state index contributed by atoms with van der Waals surface area (Å²) in [6.07, 6.45) is 3.29. The van der Waals surface area contributed by atoms with E-state index in [1.807, 2.05) is 24.3 Å². The Kier molecular flexibility index (Phi) is 5.68. The molecule has 5 heteroatoms. The highest BCUT2D eigenvalue weighted by Crippen LogP contribution is 2.16. The Morgan fingerprint density at radius 2 is 2.20 bits per heavy atom. The molecule has 0 radical (unpaired) electrons. The van der Waals surface area contributed by atoms with Crippen LogP contribution in [0.25, 0.3) is 0 Å². The summed E-state index contributed by atoms with van der Waals surface area (Å²) in [5, 5.41) is 5.66. The molecule has 1 aliphatic rings. The molecule has 1 unspecified atom stereocenters. The first-order valence-electron chi connectivity index (χ1n) is 7.04. The molecule has 20 heavy (non-hydrogen) atoms. The van der Waals surface area contributed by atoms with Gasteiger partial charge in [0.2, 0.25) is 0 Å². The molecule has 0 spiro atoms. The second kappa shape index (κ2) is 7.75. The number of urea groups is 1. The predicted molar refractivity (Wildman–Crippen MR) is 78.2 cm³/mol. The molecule has 0 aliphatic carbocycles. The fraction of sp³-hybridized carbons (Fsp3) is 0.533. The quantitative estimate of drug-likeness (QED) is 0.870. The first-order valence-corrected chi connectivity index (χ1v) is 7.04. The van der Waals surface area contributed by atoms with Crippen molar-refractivity contribution >= 4 is 11.7 Å². The van der Waals surface area contributed by atoms with E-state index >= 15 is 0 Å². The van der Waals surface area contributed by atoms with E-state index < -0.39 is 0 Å². The average Bonchev–Trinajstić information content (AvgIpc) is 2.49. The second-order valence-electron chi connectivity index (χ2n) is 4.98. The van der Waals surface area contributed by atoms with Gasteiger partial charge in [0.25, 0.3) is 0 Å². The number of benzene rings is 1. The molecule has 0 saturated carbocycles. The van der Waals surface area contributed by atoms with Gasteiger partial charge >= 0.3 is 6.03 Å². The summed E-state index contributed by atoms with van der Waals surface area (Å²) < 4.78 is 10.5. The SMILES string of the molecule is COc1ccc(NC(=O)NCCC2CCCOC2)cc1. The molecule has 1 aromatic rings. The van der Waals surface area contributed by atoms with Gasteiger partial charge in [-0.25, -0.2) is 4.79 Å². The van der Waals surface area contributed by atoms with E-state index in [1.165, 1.54) is 6.42 Å². The minimum atomic E-state index is -0.174. The van der Waals surface area contributed by atoms with Gasteiger partial charge in [-0.1, -0.05) is 0 Å². The molecule has 1 heterocycles. The molecular weight excluding hydrogens is 256 g/mol. The van der Waals surface area contributed by atoms with Crippen LogP contribution in [0.2, 0.25) is 0 Å². The highest BCUT2D eigenvalue weighted by atomic mass is 16.5. The lowest BCUT2D eigenvalue weighted by atomic mass is 9.99. The van der Waals surface area contributed by atoms with Gasteiger partial charge in [0.1, 0.15) is 5.75 Å². The summed E-state index contributed by atoms with van der Waals surface area (Å²) in [5.41, 5.74) is 0.754. The topological polar surface area (TPSA) is 59.6 Å². The standard InChI is InChI=1S/C15H22N2O3/c1-19-14-6-4-13(5-7-14)17-15(18)16-9-8-12-3-2-10-20-11-12/h4-7,12H,2-3,8-11H2,1H3,(H2,16,17,18). The largest absolute Gasteiger partial charge is 0.497 e. The maximum absolute atomic E-state index is 11.7. The van der Waals surface area contributed by atoms with Crippen LogP contribution < -0.4 is 15.4 Å². The Bertz CT molecular complexity index is 414. The zero-order valence-corrected chi connectivity index (χ0v) is 11.9. The van der Waals surface area contributed by atoms with Crippen molar-refractivity contribution in [3.05, 3.63) is 24.3 Å². The average molecular weight is 278 g/mol. The normalized spacial score (nSPS) is 18.4. The molecular formula is C15H22N2O3. The van der Waals surface area contributed by atoms with Crippen molar-refractivity contribution in [2.24, 2.45) is 5.92 Å². The zero-order chi connectivity index (χ0) is 14.2. The maximum Gasteiger partial charge on any atom is 0.319 e. The molecule has 0 aromatic heterocycles. The molecule has 1 atom stereocenters. The van der Waals surface area contributed by atoms with Crippen molar-refractivity contribution in [2.75, 3.05) is 32.2 Å². The highest BCUT2D eigenvalue weighted by molar-refractivity contribution is 5.89. The van der Waals surface area contributed by atoms with Gasteiger partial charge < -0.3 is 20.1 Å². The lowest BCUT2D eigenvalue weighted by molar-refractivity contribution is 0.0520. The lowest BCUT2D eigenvalue weighted by Gasteiger charge is -2.21. The number of carbonyl (C=O) groups is 1. The Morgan fingerprint density at radius 3 is 2.85 bits per heavy atom. The van der Waals surface area contributed by atoms with Crippen molar-refractivity contribution < 1.29 is 14.3 Å². The van der Waals surface area contributed by atoms with Crippen molar-refractivity contribution in [1.82, 2.24) is 5.32 Å². The number of hydrogen-bond donors (Lipinski definition) is 2. The van der Waals surface area contributed by atoms with Crippen LogP contribution in [0.4, 0.5) is 10.5 Å². The van der Waals surface area contributed by atoms with Crippen LogP contribution in [0.5, 0.6) is 5.75 Å². The minimum Gasteiger partial charge on any atom is -0.497 e. The van der Waals surface area contributed by atoms with Crippen LogP contribution >= 0.6 is 0 Å². The minimum absolute atomic E-state index is 0.174. The molecule has 2 rings (SSSR count). The van der Waals surface area contributed by atoms with Gasteiger partial charge in [-0.2, -0.15) is 0 Å². The zero-order valence-electron chi connectivity index (χ0n) is 11.9. The van der Waals surface area contributed by atoms with E-state index in [2.05, 4.69) is 10.6 Å². The van der Waals surface area contributed by atoms with Gasteiger partial charge in [-0.05, 0) is 49.4 Å². The first-order chi connectivity index (χ1) is 9.78. The van der Waals surface area contributed by atoms with Gasteiger partial charge in [-0.3, -0.25) is 0 Å². The Morgan fingerprint density at radius 1 is 1.40 bits per heavy atom. The second-order valence-corrected chi connectivity index (χ2v) is 4.98. The summed E-state index contributed by atoms with van der Waals surface area (Å²) in [4.78, 5) is 11.7.